The van der Waals surface area contributed by atoms with Crippen molar-refractivity contribution in [3.63, 3.8) is 0 Å². The number of hydrogen-bond acceptors (Lipinski definition) is 2. The van der Waals surface area contributed by atoms with Gasteiger partial charge in [0, 0.05) is 16.7 Å². The fraction of sp³-hybridized carbons (Fsp3) is 0.208. The smallest absolute Gasteiger partial charge is 0.335 e. The van der Waals surface area contributed by atoms with Crippen LogP contribution in [0.4, 0.5) is 0 Å². The lowest BCUT2D eigenvalue weighted by molar-refractivity contribution is -0.147. The minimum atomic E-state index is -0.753. The number of ether oxygens (including phenoxy) is 1. The van der Waals surface area contributed by atoms with E-state index in [1.807, 2.05) is 68.5 Å². The Kier molecular flexibility index (Phi) is 5.22. The molecule has 1 aliphatic heterocycles. The molecule has 0 aliphatic carbocycles. The van der Waals surface area contributed by atoms with E-state index >= 15 is 0 Å². The molecular weight excluding hydrogens is 320 g/mol. The number of rotatable bonds is 6. The fourth-order valence-electron chi connectivity index (χ4n) is 3.59. The summed E-state index contributed by atoms with van der Waals surface area (Å²) in [5.41, 5.74) is 3.84. The number of cyclic esters (lactones) is 1. The van der Waals surface area contributed by atoms with Crippen molar-refractivity contribution in [3.8, 4) is 0 Å². The SMILES string of the molecule is C=C(/C=C/Cc1ccccc1)C1=C(C)C(=O)OC1(CC)c1ccccc1. The number of carbonyl (C=O) groups is 1. The van der Waals surface area contributed by atoms with Crippen molar-refractivity contribution >= 4 is 5.97 Å². The van der Waals surface area contributed by atoms with Gasteiger partial charge in [0.2, 0.25) is 0 Å². The van der Waals surface area contributed by atoms with Gasteiger partial charge >= 0.3 is 5.97 Å². The maximum absolute atomic E-state index is 12.4. The molecule has 0 bridgehead atoms. The summed E-state index contributed by atoms with van der Waals surface area (Å²) in [6.07, 6.45) is 5.58. The summed E-state index contributed by atoms with van der Waals surface area (Å²) in [7, 11) is 0. The van der Waals surface area contributed by atoms with Crippen molar-refractivity contribution in [2.24, 2.45) is 0 Å². The van der Waals surface area contributed by atoms with Crippen LogP contribution in [0.5, 0.6) is 0 Å². The molecule has 0 amide bonds. The maximum atomic E-state index is 12.4. The van der Waals surface area contributed by atoms with Gasteiger partial charge in [-0.15, -0.1) is 0 Å². The molecule has 0 spiro atoms. The standard InChI is InChI=1S/C24H24O2/c1-4-24(21-16-9-6-10-17-21)22(19(3)23(25)26-24)18(2)12-11-15-20-13-7-5-8-14-20/h5-14,16-17H,2,4,15H2,1,3H3/b12-11+. The summed E-state index contributed by atoms with van der Waals surface area (Å²) < 4.78 is 5.89. The van der Waals surface area contributed by atoms with E-state index in [-0.39, 0.29) is 5.97 Å². The fourth-order valence-corrected chi connectivity index (χ4v) is 3.59. The van der Waals surface area contributed by atoms with Crippen LogP contribution in [0.15, 0.2) is 96.1 Å². The van der Waals surface area contributed by atoms with Gasteiger partial charge in [-0.05, 0) is 30.9 Å². The highest BCUT2D eigenvalue weighted by Gasteiger charge is 2.46. The molecule has 0 N–H and O–H groups in total. The first-order valence-corrected chi connectivity index (χ1v) is 8.98. The van der Waals surface area contributed by atoms with Crippen LogP contribution in [0.2, 0.25) is 0 Å². The zero-order chi connectivity index (χ0) is 18.6. The van der Waals surface area contributed by atoms with Gasteiger partial charge in [-0.2, -0.15) is 0 Å². The molecule has 1 unspecified atom stereocenters. The van der Waals surface area contributed by atoms with Crippen LogP contribution in [0, 0.1) is 0 Å². The predicted molar refractivity (Wildman–Crippen MR) is 106 cm³/mol. The summed E-state index contributed by atoms with van der Waals surface area (Å²) >= 11 is 0. The van der Waals surface area contributed by atoms with Crippen LogP contribution < -0.4 is 0 Å². The lowest BCUT2D eigenvalue weighted by atomic mass is 9.79. The van der Waals surface area contributed by atoms with E-state index in [1.165, 1.54) is 5.56 Å². The highest BCUT2D eigenvalue weighted by Crippen LogP contribution is 2.47. The molecule has 1 heterocycles. The topological polar surface area (TPSA) is 26.3 Å². The Bertz CT molecular complexity index is 860. The normalized spacial score (nSPS) is 19.8. The van der Waals surface area contributed by atoms with E-state index in [0.29, 0.717) is 12.0 Å². The molecule has 26 heavy (non-hydrogen) atoms. The van der Waals surface area contributed by atoms with Crippen LogP contribution in [-0.2, 0) is 21.6 Å². The minimum absolute atomic E-state index is 0.261. The number of carbonyl (C=O) groups excluding carboxylic acids is 1. The lowest BCUT2D eigenvalue weighted by Gasteiger charge is -2.31. The third-order valence-electron chi connectivity index (χ3n) is 4.93. The van der Waals surface area contributed by atoms with Crippen LogP contribution in [-0.4, -0.2) is 5.97 Å². The highest BCUT2D eigenvalue weighted by molar-refractivity contribution is 5.94. The first-order valence-electron chi connectivity index (χ1n) is 8.98. The number of allylic oxidation sites excluding steroid dienone is 2. The maximum Gasteiger partial charge on any atom is 0.335 e. The Labute approximate surface area is 155 Å². The number of esters is 1. The Morgan fingerprint density at radius 1 is 1.08 bits per heavy atom. The van der Waals surface area contributed by atoms with Gasteiger partial charge < -0.3 is 4.74 Å². The van der Waals surface area contributed by atoms with E-state index in [2.05, 4.69) is 24.8 Å². The molecule has 1 atom stereocenters. The number of benzene rings is 2. The molecule has 2 aromatic carbocycles. The van der Waals surface area contributed by atoms with Crippen molar-refractivity contribution in [2.75, 3.05) is 0 Å². The quantitative estimate of drug-likeness (QED) is 0.509. The monoisotopic (exact) mass is 344 g/mol. The molecule has 3 rings (SSSR count). The first-order chi connectivity index (χ1) is 12.6. The molecular formula is C24H24O2. The lowest BCUT2D eigenvalue weighted by Crippen LogP contribution is -2.29. The highest BCUT2D eigenvalue weighted by atomic mass is 16.6. The second kappa shape index (κ2) is 7.57. The third-order valence-corrected chi connectivity index (χ3v) is 4.93. The Balaban J connectivity index is 1.92. The molecule has 0 saturated carbocycles. The van der Waals surface area contributed by atoms with Crippen LogP contribution in [0.25, 0.3) is 0 Å². The molecule has 0 aromatic heterocycles. The minimum Gasteiger partial charge on any atom is -0.446 e. The van der Waals surface area contributed by atoms with Crippen molar-refractivity contribution < 1.29 is 9.53 Å². The van der Waals surface area contributed by atoms with Crippen LogP contribution >= 0.6 is 0 Å². The summed E-state index contributed by atoms with van der Waals surface area (Å²) in [5, 5.41) is 0. The molecule has 132 valence electrons. The van der Waals surface area contributed by atoms with Crippen LogP contribution in [0.1, 0.15) is 31.4 Å². The van der Waals surface area contributed by atoms with Gasteiger partial charge in [0.1, 0.15) is 0 Å². The molecule has 0 radical (unpaired) electrons. The Hall–Kier alpha value is -2.87. The molecule has 0 saturated heterocycles. The van der Waals surface area contributed by atoms with Gasteiger partial charge in [0.15, 0.2) is 5.60 Å². The van der Waals surface area contributed by atoms with E-state index in [9.17, 15) is 4.79 Å². The van der Waals surface area contributed by atoms with E-state index in [0.717, 1.165) is 23.1 Å². The molecule has 0 fully saturated rings. The largest absolute Gasteiger partial charge is 0.446 e. The summed E-state index contributed by atoms with van der Waals surface area (Å²) in [5.74, 6) is -0.261. The Morgan fingerprint density at radius 2 is 1.69 bits per heavy atom. The van der Waals surface area contributed by atoms with Crippen LogP contribution in [0.3, 0.4) is 0 Å². The Morgan fingerprint density at radius 3 is 2.31 bits per heavy atom. The summed E-state index contributed by atoms with van der Waals surface area (Å²) in [4.78, 5) is 12.4. The van der Waals surface area contributed by atoms with Crippen molar-refractivity contribution in [2.45, 2.75) is 32.3 Å². The molecule has 1 aliphatic rings. The van der Waals surface area contributed by atoms with E-state index in [1.54, 1.807) is 0 Å². The van der Waals surface area contributed by atoms with E-state index in [4.69, 9.17) is 4.74 Å². The third kappa shape index (κ3) is 3.28. The molecule has 2 heteroatoms. The average Bonchev–Trinajstić information content (AvgIpc) is 2.95. The van der Waals surface area contributed by atoms with Gasteiger partial charge in [-0.25, -0.2) is 4.79 Å². The zero-order valence-corrected chi connectivity index (χ0v) is 15.4. The van der Waals surface area contributed by atoms with Crippen molar-refractivity contribution in [1.82, 2.24) is 0 Å². The van der Waals surface area contributed by atoms with Gasteiger partial charge in [0.25, 0.3) is 0 Å². The first kappa shape index (κ1) is 17.9. The van der Waals surface area contributed by atoms with Crippen molar-refractivity contribution in [3.05, 3.63) is 107 Å². The number of hydrogen-bond donors (Lipinski definition) is 0. The second-order valence-electron chi connectivity index (χ2n) is 6.55. The van der Waals surface area contributed by atoms with Gasteiger partial charge in [-0.3, -0.25) is 0 Å². The summed E-state index contributed by atoms with van der Waals surface area (Å²) in [6, 6.07) is 20.2. The second-order valence-corrected chi connectivity index (χ2v) is 6.55. The van der Waals surface area contributed by atoms with E-state index < -0.39 is 5.60 Å². The molecule has 2 nitrogen and oxygen atoms in total. The summed E-state index contributed by atoms with van der Waals surface area (Å²) in [6.45, 7) is 8.11. The predicted octanol–water partition coefficient (Wildman–Crippen LogP) is 5.52. The van der Waals surface area contributed by atoms with Gasteiger partial charge in [0.05, 0.1) is 0 Å². The zero-order valence-electron chi connectivity index (χ0n) is 15.4. The average molecular weight is 344 g/mol. The van der Waals surface area contributed by atoms with Gasteiger partial charge in [-0.1, -0.05) is 86.3 Å². The molecule has 2 aromatic rings. The van der Waals surface area contributed by atoms with Crippen molar-refractivity contribution in [1.29, 1.82) is 0 Å².